The first-order valence-corrected chi connectivity index (χ1v) is 12.2. The molecule has 3 aromatic rings. The number of hydrogen-bond acceptors (Lipinski definition) is 5. The van der Waals surface area contributed by atoms with E-state index in [1.807, 2.05) is 30.3 Å². The van der Waals surface area contributed by atoms with Gasteiger partial charge in [-0.15, -0.1) is 0 Å². The van der Waals surface area contributed by atoms with Gasteiger partial charge in [0.2, 0.25) is 0 Å². The number of fused-ring (bicyclic) bond motifs is 1. The summed E-state index contributed by atoms with van der Waals surface area (Å²) >= 11 is -0.239. The Bertz CT molecular complexity index is 1260. The molecule has 2 aromatic carbocycles. The minimum atomic E-state index is -4.40. The molecule has 0 radical (unpaired) electrons. The highest BCUT2D eigenvalue weighted by Crippen LogP contribution is 2.37. The van der Waals surface area contributed by atoms with Gasteiger partial charge >= 0.3 is 11.5 Å². The number of anilines is 2. The molecule has 0 atom stereocenters. The number of hydrogen-bond donors (Lipinski definition) is 0. The third-order valence-corrected chi connectivity index (χ3v) is 6.93. The van der Waals surface area contributed by atoms with Crippen LogP contribution in [0.1, 0.15) is 24.8 Å². The largest absolute Gasteiger partial charge is 0.446 e. The zero-order valence-corrected chi connectivity index (χ0v) is 19.6. The van der Waals surface area contributed by atoms with Crippen LogP contribution < -0.4 is 9.80 Å². The second-order valence-corrected chi connectivity index (χ2v) is 9.75. The number of para-hydroxylation sites is 1. The second-order valence-electron chi connectivity index (χ2n) is 8.61. The van der Waals surface area contributed by atoms with Crippen molar-refractivity contribution >= 4 is 46.1 Å². The molecule has 2 saturated heterocycles. The molecular formula is C25H23F3N4O2S. The average Bonchev–Trinajstić information content (AvgIpc) is 3.11. The van der Waals surface area contributed by atoms with Crippen LogP contribution in [0.3, 0.4) is 0 Å². The molecular weight excluding hydrogens is 477 g/mol. The molecule has 0 bridgehead atoms. The number of carbonyl (C=O) groups excluding carboxylic acids is 2. The molecule has 10 heteroatoms. The van der Waals surface area contributed by atoms with Gasteiger partial charge in [-0.25, -0.2) is 14.7 Å². The first-order valence-electron chi connectivity index (χ1n) is 11.4. The SMILES string of the molecule is O=C1CN(Cc2cc(N3CCCCC3)nc3ccccc23)C(=O)N1c1ccc(SC(F)(F)F)cc1. The highest BCUT2D eigenvalue weighted by Gasteiger charge is 2.37. The number of carbonyl (C=O) groups is 2. The van der Waals surface area contributed by atoms with E-state index in [2.05, 4.69) is 4.90 Å². The Kier molecular flexibility index (Phi) is 6.31. The van der Waals surface area contributed by atoms with Crippen LogP contribution in [0, 0.1) is 0 Å². The van der Waals surface area contributed by atoms with Crippen LogP contribution in [0.25, 0.3) is 10.9 Å². The number of alkyl halides is 3. The summed E-state index contributed by atoms with van der Waals surface area (Å²) in [5.74, 6) is 0.451. The number of nitrogens with zero attached hydrogens (tertiary/aromatic N) is 4. The molecule has 2 aliphatic rings. The highest BCUT2D eigenvalue weighted by atomic mass is 32.2. The fourth-order valence-corrected chi connectivity index (χ4v) is 5.12. The second kappa shape index (κ2) is 9.41. The average molecular weight is 501 g/mol. The van der Waals surface area contributed by atoms with Crippen LogP contribution in [0.4, 0.5) is 29.5 Å². The Morgan fingerprint density at radius 1 is 0.943 bits per heavy atom. The third-order valence-electron chi connectivity index (χ3n) is 6.20. The van der Waals surface area contributed by atoms with Crippen LogP contribution in [0.5, 0.6) is 0 Å². The zero-order chi connectivity index (χ0) is 24.6. The van der Waals surface area contributed by atoms with Gasteiger partial charge in [-0.3, -0.25) is 4.79 Å². The molecule has 0 N–H and O–H groups in total. The van der Waals surface area contributed by atoms with E-state index >= 15 is 0 Å². The summed E-state index contributed by atoms with van der Waals surface area (Å²) in [6.45, 7) is 1.99. The monoisotopic (exact) mass is 500 g/mol. The number of benzene rings is 2. The quantitative estimate of drug-likeness (QED) is 0.327. The van der Waals surface area contributed by atoms with E-state index in [-0.39, 0.29) is 35.4 Å². The van der Waals surface area contributed by atoms with Crippen molar-refractivity contribution < 1.29 is 22.8 Å². The minimum absolute atomic E-state index is 0.00861. The maximum Gasteiger partial charge on any atom is 0.446 e. The molecule has 0 saturated carbocycles. The lowest BCUT2D eigenvalue weighted by atomic mass is 10.1. The molecule has 0 unspecified atom stereocenters. The van der Waals surface area contributed by atoms with Crippen LogP contribution in [0.2, 0.25) is 0 Å². The summed E-state index contributed by atoms with van der Waals surface area (Å²) < 4.78 is 37.8. The first-order chi connectivity index (χ1) is 16.8. The van der Waals surface area contributed by atoms with Gasteiger partial charge in [-0.05, 0) is 73.0 Å². The molecule has 3 heterocycles. The smallest absolute Gasteiger partial charge is 0.357 e. The Labute approximate surface area is 204 Å². The van der Waals surface area contributed by atoms with Crippen LogP contribution >= 0.6 is 11.8 Å². The van der Waals surface area contributed by atoms with Gasteiger partial charge in [0, 0.05) is 29.9 Å². The van der Waals surface area contributed by atoms with E-state index in [0.717, 1.165) is 53.1 Å². The maximum atomic E-state index is 13.2. The van der Waals surface area contributed by atoms with Gasteiger partial charge < -0.3 is 9.80 Å². The molecule has 2 aliphatic heterocycles. The Morgan fingerprint density at radius 2 is 1.66 bits per heavy atom. The van der Waals surface area contributed by atoms with Crippen molar-refractivity contribution in [2.24, 2.45) is 0 Å². The molecule has 6 nitrogen and oxygen atoms in total. The van der Waals surface area contributed by atoms with Gasteiger partial charge in [0.15, 0.2) is 0 Å². The van der Waals surface area contributed by atoms with Gasteiger partial charge in [0.25, 0.3) is 5.91 Å². The van der Waals surface area contributed by atoms with E-state index in [4.69, 9.17) is 4.98 Å². The number of aromatic nitrogens is 1. The van der Waals surface area contributed by atoms with Crippen molar-refractivity contribution in [3.05, 3.63) is 60.2 Å². The van der Waals surface area contributed by atoms with Gasteiger partial charge in [-0.2, -0.15) is 13.2 Å². The van der Waals surface area contributed by atoms with E-state index < -0.39 is 17.4 Å². The number of piperidine rings is 1. The standard InChI is InChI=1S/C25H23F3N4O2S/c26-25(27,28)35-19-10-8-18(9-11-19)32-23(33)16-31(24(32)34)15-17-14-22(30-12-4-1-5-13-30)29-21-7-3-2-6-20(17)21/h2-3,6-11,14H,1,4-5,12-13,15-16H2. The maximum absolute atomic E-state index is 13.2. The summed E-state index contributed by atoms with van der Waals surface area (Å²) in [6, 6.07) is 14.5. The van der Waals surface area contributed by atoms with Gasteiger partial charge in [-0.1, -0.05) is 18.2 Å². The Hall–Kier alpha value is -3.27. The fraction of sp³-hybridized carbons (Fsp3) is 0.320. The number of urea groups is 1. The lowest BCUT2D eigenvalue weighted by Gasteiger charge is -2.28. The van der Waals surface area contributed by atoms with E-state index in [9.17, 15) is 22.8 Å². The molecule has 182 valence electrons. The van der Waals surface area contributed by atoms with Crippen molar-refractivity contribution in [1.82, 2.24) is 9.88 Å². The van der Waals surface area contributed by atoms with Crippen molar-refractivity contribution in [3.8, 4) is 0 Å². The van der Waals surface area contributed by atoms with Gasteiger partial charge in [0.1, 0.15) is 12.4 Å². The number of rotatable bonds is 5. The van der Waals surface area contributed by atoms with E-state index in [0.29, 0.717) is 0 Å². The summed E-state index contributed by atoms with van der Waals surface area (Å²) in [6.07, 6.45) is 3.42. The lowest BCUT2D eigenvalue weighted by Crippen LogP contribution is -2.33. The van der Waals surface area contributed by atoms with Crippen molar-refractivity contribution in [2.75, 3.05) is 29.4 Å². The Morgan fingerprint density at radius 3 is 2.37 bits per heavy atom. The zero-order valence-electron chi connectivity index (χ0n) is 18.8. The minimum Gasteiger partial charge on any atom is -0.357 e. The highest BCUT2D eigenvalue weighted by molar-refractivity contribution is 8.00. The van der Waals surface area contributed by atoms with Crippen molar-refractivity contribution in [2.45, 2.75) is 36.2 Å². The number of halogens is 3. The molecule has 35 heavy (non-hydrogen) atoms. The third kappa shape index (κ3) is 5.07. The van der Waals surface area contributed by atoms with Crippen LogP contribution in [-0.2, 0) is 11.3 Å². The number of thioether (sulfide) groups is 1. The molecule has 1 aromatic heterocycles. The summed E-state index contributed by atoms with van der Waals surface area (Å²) in [4.78, 5) is 35.5. The molecule has 0 aliphatic carbocycles. The van der Waals surface area contributed by atoms with E-state index in [1.165, 1.54) is 35.6 Å². The predicted molar refractivity (Wildman–Crippen MR) is 129 cm³/mol. The number of amides is 3. The van der Waals surface area contributed by atoms with Crippen molar-refractivity contribution in [1.29, 1.82) is 0 Å². The lowest BCUT2D eigenvalue weighted by molar-refractivity contribution is -0.116. The fourth-order valence-electron chi connectivity index (χ4n) is 4.58. The first kappa shape index (κ1) is 23.5. The molecule has 5 rings (SSSR count). The van der Waals surface area contributed by atoms with Crippen LogP contribution in [0.15, 0.2) is 59.5 Å². The van der Waals surface area contributed by atoms with Gasteiger partial charge in [0.05, 0.1) is 11.2 Å². The van der Waals surface area contributed by atoms with Crippen molar-refractivity contribution in [3.63, 3.8) is 0 Å². The normalized spacial score (nSPS) is 17.1. The number of imide groups is 1. The summed E-state index contributed by atoms with van der Waals surface area (Å²) in [5, 5.41) is 0.917. The van der Waals surface area contributed by atoms with Crippen LogP contribution in [-0.4, -0.2) is 47.0 Å². The Balaban J connectivity index is 1.39. The summed E-state index contributed by atoms with van der Waals surface area (Å²) in [7, 11) is 0. The predicted octanol–water partition coefficient (Wildman–Crippen LogP) is 5.81. The molecule has 0 spiro atoms. The molecule has 3 amide bonds. The summed E-state index contributed by atoms with van der Waals surface area (Å²) in [5.41, 5.74) is -2.42. The number of pyridine rings is 1. The van der Waals surface area contributed by atoms with E-state index in [1.54, 1.807) is 0 Å². The topological polar surface area (TPSA) is 56.8 Å². The molecule has 2 fully saturated rings.